The van der Waals surface area contributed by atoms with Crippen LogP contribution in [0.1, 0.15) is 29.4 Å². The van der Waals surface area contributed by atoms with Crippen molar-refractivity contribution in [3.63, 3.8) is 0 Å². The highest BCUT2D eigenvalue weighted by molar-refractivity contribution is 5.73. The zero-order valence-electron chi connectivity index (χ0n) is 9.31. The number of aryl methyl sites for hydroxylation is 1. The average Bonchev–Trinajstić information content (AvgIpc) is 2.13. The van der Waals surface area contributed by atoms with Gasteiger partial charge in [0.1, 0.15) is 0 Å². The van der Waals surface area contributed by atoms with Gasteiger partial charge in [0, 0.05) is 5.69 Å². The molecular weight excluding hydrogens is 172 g/mol. The second kappa shape index (κ2) is 3.74. The molecule has 0 radical (unpaired) electrons. The van der Waals surface area contributed by atoms with Crippen molar-refractivity contribution in [3.8, 4) is 0 Å². The van der Waals surface area contributed by atoms with E-state index in [9.17, 15) is 0 Å². The summed E-state index contributed by atoms with van der Waals surface area (Å²) in [6.07, 6.45) is 0. The van der Waals surface area contributed by atoms with Crippen molar-refractivity contribution >= 4 is 18.0 Å². The van der Waals surface area contributed by atoms with Crippen LogP contribution in [0.2, 0.25) is 0 Å². The van der Waals surface area contributed by atoms with Crippen molar-refractivity contribution in [2.24, 2.45) is 4.99 Å². The van der Waals surface area contributed by atoms with Gasteiger partial charge in [-0.15, -0.1) is 0 Å². The summed E-state index contributed by atoms with van der Waals surface area (Å²) in [5, 5.41) is 0. The van der Waals surface area contributed by atoms with E-state index >= 15 is 0 Å². The normalized spacial score (nSPS) is 10.0. The first-order chi connectivity index (χ1) is 6.49. The van der Waals surface area contributed by atoms with Crippen molar-refractivity contribution in [1.29, 1.82) is 0 Å². The molecule has 0 saturated heterocycles. The van der Waals surface area contributed by atoms with Crippen LogP contribution in [0, 0.1) is 20.8 Å². The molecule has 0 aliphatic heterocycles. The lowest BCUT2D eigenvalue weighted by Crippen LogP contribution is -1.97. The third-order valence-corrected chi connectivity index (χ3v) is 2.53. The van der Waals surface area contributed by atoms with Gasteiger partial charge in [0.2, 0.25) is 0 Å². The number of aromatic nitrogens is 1. The third kappa shape index (κ3) is 1.60. The van der Waals surface area contributed by atoms with Gasteiger partial charge in [-0.05, 0) is 51.1 Å². The number of pyridine rings is 1. The van der Waals surface area contributed by atoms with Crippen molar-refractivity contribution < 1.29 is 0 Å². The molecule has 0 spiro atoms. The van der Waals surface area contributed by atoms with Crippen LogP contribution >= 0.6 is 0 Å². The summed E-state index contributed by atoms with van der Waals surface area (Å²) in [5.41, 5.74) is 6.01. The summed E-state index contributed by atoms with van der Waals surface area (Å²) >= 11 is 0. The van der Waals surface area contributed by atoms with E-state index in [0.717, 1.165) is 28.2 Å². The minimum atomic E-state index is 0.862. The lowest BCUT2D eigenvalue weighted by atomic mass is 10.0. The fourth-order valence-electron chi connectivity index (χ4n) is 1.42. The molecule has 2 heteroatoms. The monoisotopic (exact) mass is 188 g/mol. The van der Waals surface area contributed by atoms with Crippen molar-refractivity contribution in [3.05, 3.63) is 29.1 Å². The Morgan fingerprint density at radius 2 is 1.79 bits per heavy atom. The highest BCUT2D eigenvalue weighted by Crippen LogP contribution is 2.30. The Morgan fingerprint density at radius 1 is 1.21 bits per heavy atom. The number of nitrogens with zero attached hydrogens (tertiary/aromatic N) is 2. The van der Waals surface area contributed by atoms with Crippen LogP contribution in [0.3, 0.4) is 0 Å². The molecule has 1 heterocycles. The highest BCUT2D eigenvalue weighted by atomic mass is 14.8. The Hall–Kier alpha value is -1.44. The molecule has 1 aromatic heterocycles. The van der Waals surface area contributed by atoms with Crippen molar-refractivity contribution in [2.75, 3.05) is 0 Å². The predicted molar refractivity (Wildman–Crippen MR) is 62.4 cm³/mol. The van der Waals surface area contributed by atoms with Gasteiger partial charge in [-0.25, -0.2) is 0 Å². The molecule has 0 atom stereocenters. The van der Waals surface area contributed by atoms with Gasteiger partial charge in [-0.1, -0.05) is 6.58 Å². The Balaban J connectivity index is 3.59. The second-order valence-electron chi connectivity index (χ2n) is 3.58. The summed E-state index contributed by atoms with van der Waals surface area (Å²) in [6, 6.07) is 0. The standard InChI is InChI=1S/C12H16N2/c1-7(2)11-12(13-6)9(4)8(3)10(5)14-11/h1,6H2,2-5H3. The molecule has 0 aliphatic carbocycles. The molecule has 0 aromatic carbocycles. The maximum absolute atomic E-state index is 4.47. The minimum absolute atomic E-state index is 0.862. The van der Waals surface area contributed by atoms with Crippen LogP contribution in [0.5, 0.6) is 0 Å². The lowest BCUT2D eigenvalue weighted by molar-refractivity contribution is 1.09. The van der Waals surface area contributed by atoms with E-state index in [4.69, 9.17) is 0 Å². The number of allylic oxidation sites excluding steroid dienone is 1. The molecule has 1 rings (SSSR count). The van der Waals surface area contributed by atoms with Crippen LogP contribution in [0.15, 0.2) is 11.6 Å². The number of rotatable bonds is 2. The summed E-state index contributed by atoms with van der Waals surface area (Å²) in [5.74, 6) is 0. The van der Waals surface area contributed by atoms with E-state index in [1.807, 2.05) is 20.8 Å². The maximum Gasteiger partial charge on any atom is 0.0915 e. The van der Waals surface area contributed by atoms with E-state index in [1.165, 1.54) is 5.56 Å². The molecule has 0 unspecified atom stereocenters. The zero-order chi connectivity index (χ0) is 10.9. The topological polar surface area (TPSA) is 25.2 Å². The summed E-state index contributed by atoms with van der Waals surface area (Å²) in [4.78, 5) is 8.49. The van der Waals surface area contributed by atoms with Crippen LogP contribution in [0.4, 0.5) is 5.69 Å². The smallest absolute Gasteiger partial charge is 0.0915 e. The van der Waals surface area contributed by atoms with E-state index in [2.05, 4.69) is 30.2 Å². The Morgan fingerprint density at radius 3 is 2.21 bits per heavy atom. The van der Waals surface area contributed by atoms with E-state index < -0.39 is 0 Å². The van der Waals surface area contributed by atoms with Gasteiger partial charge in [-0.2, -0.15) is 0 Å². The van der Waals surface area contributed by atoms with Gasteiger partial charge >= 0.3 is 0 Å². The van der Waals surface area contributed by atoms with E-state index in [0.29, 0.717) is 0 Å². The van der Waals surface area contributed by atoms with Crippen LogP contribution in [0.25, 0.3) is 5.57 Å². The fraction of sp³-hybridized carbons (Fsp3) is 0.333. The molecule has 2 nitrogen and oxygen atoms in total. The molecule has 14 heavy (non-hydrogen) atoms. The van der Waals surface area contributed by atoms with Gasteiger partial charge in [0.15, 0.2) is 0 Å². The van der Waals surface area contributed by atoms with Crippen molar-refractivity contribution in [2.45, 2.75) is 27.7 Å². The Kier molecular flexibility index (Phi) is 2.84. The third-order valence-electron chi connectivity index (χ3n) is 2.53. The number of aliphatic imine (C=N–C) groups is 1. The number of hydrogen-bond donors (Lipinski definition) is 0. The second-order valence-corrected chi connectivity index (χ2v) is 3.58. The molecule has 1 aromatic rings. The Labute approximate surface area is 85.4 Å². The van der Waals surface area contributed by atoms with Crippen LogP contribution in [-0.2, 0) is 0 Å². The lowest BCUT2D eigenvalue weighted by Gasteiger charge is -2.12. The van der Waals surface area contributed by atoms with E-state index in [1.54, 1.807) is 0 Å². The summed E-state index contributed by atoms with van der Waals surface area (Å²) in [6.45, 7) is 15.5. The van der Waals surface area contributed by atoms with Gasteiger partial charge < -0.3 is 0 Å². The molecule has 0 aliphatic rings. The number of hydrogen-bond acceptors (Lipinski definition) is 2. The van der Waals surface area contributed by atoms with E-state index in [-0.39, 0.29) is 0 Å². The molecule has 0 bridgehead atoms. The van der Waals surface area contributed by atoms with Crippen molar-refractivity contribution in [1.82, 2.24) is 4.98 Å². The molecule has 0 N–H and O–H groups in total. The van der Waals surface area contributed by atoms with Gasteiger partial charge in [0.05, 0.1) is 11.4 Å². The quantitative estimate of drug-likeness (QED) is 0.653. The predicted octanol–water partition coefficient (Wildman–Crippen LogP) is 3.37. The van der Waals surface area contributed by atoms with Crippen LogP contribution < -0.4 is 0 Å². The largest absolute Gasteiger partial charge is 0.262 e. The molecule has 0 fully saturated rings. The highest BCUT2D eigenvalue weighted by Gasteiger charge is 2.11. The molecular formula is C12H16N2. The Bertz CT molecular complexity index is 403. The molecule has 74 valence electrons. The molecule has 0 amide bonds. The summed E-state index contributed by atoms with van der Waals surface area (Å²) < 4.78 is 0. The minimum Gasteiger partial charge on any atom is -0.262 e. The zero-order valence-corrected chi connectivity index (χ0v) is 9.31. The first kappa shape index (κ1) is 10.6. The SMILES string of the molecule is C=Nc1c(C(=C)C)nc(C)c(C)c1C. The first-order valence-corrected chi connectivity index (χ1v) is 4.59. The van der Waals surface area contributed by atoms with Crippen LogP contribution in [-0.4, -0.2) is 11.7 Å². The first-order valence-electron chi connectivity index (χ1n) is 4.59. The molecule has 0 saturated carbocycles. The summed E-state index contributed by atoms with van der Waals surface area (Å²) in [7, 11) is 0. The average molecular weight is 188 g/mol. The fourth-order valence-corrected chi connectivity index (χ4v) is 1.42. The maximum atomic E-state index is 4.47. The van der Waals surface area contributed by atoms with Gasteiger partial charge in [-0.3, -0.25) is 9.98 Å². The van der Waals surface area contributed by atoms with Gasteiger partial charge in [0.25, 0.3) is 0 Å².